The maximum absolute atomic E-state index is 15.7. The summed E-state index contributed by atoms with van der Waals surface area (Å²) in [5.41, 5.74) is 5.46. The van der Waals surface area contributed by atoms with E-state index < -0.39 is 11.8 Å². The lowest BCUT2D eigenvalue weighted by Gasteiger charge is -2.12. The molecule has 0 fully saturated rings. The van der Waals surface area contributed by atoms with Crippen molar-refractivity contribution in [2.75, 3.05) is 0 Å². The van der Waals surface area contributed by atoms with Gasteiger partial charge in [-0.2, -0.15) is 0 Å². The minimum absolute atomic E-state index is 0.154. The lowest BCUT2D eigenvalue weighted by Crippen LogP contribution is -2.10. The highest BCUT2D eigenvalue weighted by Gasteiger charge is 2.18. The second-order valence-electron chi connectivity index (χ2n) is 10.8. The van der Waals surface area contributed by atoms with Gasteiger partial charge in [-0.25, -0.2) is 24.1 Å². The lowest BCUT2D eigenvalue weighted by atomic mass is 10.1. The number of rotatable bonds is 10. The van der Waals surface area contributed by atoms with Crippen LogP contribution in [-0.2, 0) is 26.1 Å². The molecule has 0 atom stereocenters. The quantitative estimate of drug-likeness (QED) is 0.164. The number of ether oxygens (including phenoxy) is 1. The summed E-state index contributed by atoms with van der Waals surface area (Å²) in [6, 6.07) is 20.6. The van der Waals surface area contributed by atoms with Gasteiger partial charge >= 0.3 is 5.97 Å². The van der Waals surface area contributed by atoms with Crippen LogP contribution in [0.2, 0.25) is 5.02 Å². The number of carbonyl (C=O) groups is 1. The first kappa shape index (κ1) is 29.2. The molecule has 7 aromatic rings. The van der Waals surface area contributed by atoms with Crippen molar-refractivity contribution in [3.8, 4) is 17.1 Å². The van der Waals surface area contributed by atoms with Gasteiger partial charge in [-0.15, -0.1) is 0 Å². The van der Waals surface area contributed by atoms with Crippen molar-refractivity contribution in [1.29, 1.82) is 0 Å². The summed E-state index contributed by atoms with van der Waals surface area (Å²) in [6.07, 6.45) is 5.30. The average molecular weight is 636 g/mol. The van der Waals surface area contributed by atoms with E-state index in [9.17, 15) is 9.90 Å². The van der Waals surface area contributed by atoms with Crippen molar-refractivity contribution in [3.05, 3.63) is 131 Å². The minimum atomic E-state index is -1.03. The van der Waals surface area contributed by atoms with Gasteiger partial charge in [-0.05, 0) is 55.0 Å². The fourth-order valence-corrected chi connectivity index (χ4v) is 5.78. The molecule has 0 aliphatic carbocycles. The van der Waals surface area contributed by atoms with Crippen LogP contribution < -0.4 is 4.74 Å². The fraction of sp³-hybridized carbons (Fsp3) is 0.143. The maximum atomic E-state index is 15.7. The van der Waals surface area contributed by atoms with E-state index in [0.717, 1.165) is 23.2 Å². The minimum Gasteiger partial charge on any atom is -0.478 e. The highest BCUT2D eigenvalue weighted by Crippen LogP contribution is 2.29. The zero-order valence-corrected chi connectivity index (χ0v) is 25.4. The van der Waals surface area contributed by atoms with Gasteiger partial charge in [0.15, 0.2) is 0 Å². The summed E-state index contributed by atoms with van der Waals surface area (Å²) in [5.74, 6) is -0.443. The van der Waals surface area contributed by atoms with E-state index in [-0.39, 0.29) is 18.6 Å². The largest absolute Gasteiger partial charge is 0.478 e. The van der Waals surface area contributed by atoms with E-state index in [1.165, 1.54) is 12.1 Å². The third kappa shape index (κ3) is 5.59. The smallest absolute Gasteiger partial charge is 0.335 e. The molecule has 7 rings (SSSR count). The van der Waals surface area contributed by atoms with Gasteiger partial charge in [0.2, 0.25) is 5.88 Å². The predicted molar refractivity (Wildman–Crippen MR) is 172 cm³/mol. The van der Waals surface area contributed by atoms with Crippen LogP contribution in [-0.4, -0.2) is 35.2 Å². The van der Waals surface area contributed by atoms with Crippen LogP contribution in [0.3, 0.4) is 0 Å². The van der Waals surface area contributed by atoms with E-state index in [1.54, 1.807) is 55.2 Å². The number of imidazole rings is 2. The molecule has 0 unspecified atom stereocenters. The number of fused-ring (bicyclic) bond motifs is 2. The molecule has 4 aromatic heterocycles. The number of furan rings is 1. The van der Waals surface area contributed by atoms with Gasteiger partial charge in [-0.3, -0.25) is 0 Å². The van der Waals surface area contributed by atoms with Gasteiger partial charge < -0.3 is 23.4 Å². The van der Waals surface area contributed by atoms with Crippen LogP contribution in [0.1, 0.15) is 39.9 Å². The number of pyridine rings is 1. The number of aryl methyl sites for hydroxylation is 1. The molecule has 1 N–H and O–H groups in total. The van der Waals surface area contributed by atoms with Crippen LogP contribution in [0.5, 0.6) is 5.88 Å². The Hall–Kier alpha value is -5.48. The summed E-state index contributed by atoms with van der Waals surface area (Å²) in [5, 5.41) is 11.0. The summed E-state index contributed by atoms with van der Waals surface area (Å²) in [4.78, 5) is 25.4. The zero-order valence-electron chi connectivity index (χ0n) is 24.7. The molecule has 0 saturated carbocycles. The van der Waals surface area contributed by atoms with Crippen LogP contribution >= 0.6 is 11.6 Å². The van der Waals surface area contributed by atoms with Gasteiger partial charge in [-0.1, -0.05) is 35.9 Å². The molecular formula is C35H27ClFN5O4. The van der Waals surface area contributed by atoms with Crippen molar-refractivity contribution in [2.24, 2.45) is 0 Å². The number of aromatic carboxylic acids is 1. The Labute approximate surface area is 267 Å². The van der Waals surface area contributed by atoms with E-state index in [1.807, 2.05) is 40.3 Å². The number of aromatic nitrogens is 5. The molecule has 0 bridgehead atoms. The maximum Gasteiger partial charge on any atom is 0.335 e. The van der Waals surface area contributed by atoms with Gasteiger partial charge in [0.05, 0.1) is 52.1 Å². The Morgan fingerprint density at radius 2 is 1.91 bits per heavy atom. The molecule has 0 radical (unpaired) electrons. The first-order chi connectivity index (χ1) is 22.4. The monoisotopic (exact) mass is 635 g/mol. The van der Waals surface area contributed by atoms with Gasteiger partial charge in [0.1, 0.15) is 23.8 Å². The second-order valence-corrected chi connectivity index (χ2v) is 11.2. The third-order valence-electron chi connectivity index (χ3n) is 7.98. The Kier molecular flexibility index (Phi) is 7.71. The molecule has 9 nitrogen and oxygen atoms in total. The molecule has 3 aromatic carbocycles. The number of halogens is 2. The first-order valence-electron chi connectivity index (χ1n) is 14.6. The van der Waals surface area contributed by atoms with E-state index in [4.69, 9.17) is 25.7 Å². The molecule has 0 amide bonds. The molecule has 46 heavy (non-hydrogen) atoms. The number of hydrogen-bond acceptors (Lipinski definition) is 6. The number of carboxylic acids is 1. The van der Waals surface area contributed by atoms with Crippen LogP contribution in [0.4, 0.5) is 4.39 Å². The van der Waals surface area contributed by atoms with Crippen LogP contribution in [0.15, 0.2) is 96.0 Å². The Morgan fingerprint density at radius 3 is 2.74 bits per heavy atom. The first-order valence-corrected chi connectivity index (χ1v) is 15.0. The summed E-state index contributed by atoms with van der Waals surface area (Å²) in [7, 11) is 0. The number of carboxylic acid groups (broad SMARTS) is 1. The summed E-state index contributed by atoms with van der Waals surface area (Å²) in [6.45, 7) is 3.37. The number of hydrogen-bond donors (Lipinski definition) is 1. The van der Waals surface area contributed by atoms with Crippen molar-refractivity contribution in [1.82, 2.24) is 24.1 Å². The van der Waals surface area contributed by atoms with Crippen LogP contribution in [0, 0.1) is 5.82 Å². The Morgan fingerprint density at radius 1 is 1.04 bits per heavy atom. The van der Waals surface area contributed by atoms with Crippen LogP contribution in [0.25, 0.3) is 33.3 Å². The van der Waals surface area contributed by atoms with E-state index >= 15 is 4.39 Å². The fourth-order valence-electron chi connectivity index (χ4n) is 5.57. The van der Waals surface area contributed by atoms with Gasteiger partial charge in [0.25, 0.3) is 0 Å². The van der Waals surface area contributed by atoms with Crippen molar-refractivity contribution >= 4 is 39.6 Å². The molecule has 11 heteroatoms. The molecule has 0 spiro atoms. The number of benzene rings is 3. The molecule has 0 aliphatic rings. The number of nitrogens with zero attached hydrogens (tertiary/aromatic N) is 5. The van der Waals surface area contributed by atoms with Crippen molar-refractivity contribution in [3.63, 3.8) is 0 Å². The Balaban J connectivity index is 1.15. The Bertz CT molecular complexity index is 2240. The normalized spacial score (nSPS) is 11.5. The molecule has 0 saturated heterocycles. The standard InChI is InChI=1S/C35H27ClFN5O4/c1-2-41-20-38-17-25(41)18-42-31-15-23(35(43)44)9-11-30(31)39-32(42)16-21-6-7-22(14-28(21)37)29-4-3-5-33(40-29)46-19-24-8-10-27(36)26-12-13-45-34(24)26/h3-15,17,20H,2,16,18-19H2,1H3,(H,43,44). The molecule has 4 heterocycles. The van der Waals surface area contributed by atoms with E-state index in [2.05, 4.69) is 9.97 Å². The second kappa shape index (κ2) is 12.1. The zero-order chi connectivity index (χ0) is 31.8. The topological polar surface area (TPSA) is 108 Å². The van der Waals surface area contributed by atoms with Gasteiger partial charge in [0, 0.05) is 41.7 Å². The predicted octanol–water partition coefficient (Wildman–Crippen LogP) is 7.77. The molecule has 230 valence electrons. The summed E-state index contributed by atoms with van der Waals surface area (Å²) < 4.78 is 31.2. The lowest BCUT2D eigenvalue weighted by molar-refractivity contribution is 0.0697. The van der Waals surface area contributed by atoms with Crippen molar-refractivity contribution < 1.29 is 23.4 Å². The average Bonchev–Trinajstić information content (AvgIpc) is 3.81. The van der Waals surface area contributed by atoms with E-state index in [0.29, 0.717) is 56.7 Å². The SMILES string of the molecule is CCn1cncc1Cn1c(Cc2ccc(-c3cccc(OCc4ccc(Cl)c5ccoc45)n3)cc2F)nc2ccc(C(=O)O)cc21. The third-order valence-corrected chi connectivity index (χ3v) is 8.30. The van der Waals surface area contributed by atoms with Crippen molar-refractivity contribution in [2.45, 2.75) is 33.0 Å². The highest BCUT2D eigenvalue weighted by molar-refractivity contribution is 6.35. The summed E-state index contributed by atoms with van der Waals surface area (Å²) >= 11 is 6.26. The molecular weight excluding hydrogens is 609 g/mol. The highest BCUT2D eigenvalue weighted by atomic mass is 35.5. The molecule has 0 aliphatic heterocycles.